The fraction of sp³-hybridized carbons (Fsp3) is 0.286. The zero-order valence-corrected chi connectivity index (χ0v) is 16.6. The summed E-state index contributed by atoms with van der Waals surface area (Å²) in [7, 11) is 4.69. The van der Waals surface area contributed by atoms with E-state index in [9.17, 15) is 14.4 Å². The molecule has 0 aromatic heterocycles. The molecule has 0 saturated carbocycles. The van der Waals surface area contributed by atoms with Crippen LogP contribution in [-0.4, -0.2) is 57.1 Å². The first-order valence-corrected chi connectivity index (χ1v) is 8.88. The van der Waals surface area contributed by atoms with Gasteiger partial charge in [-0.05, 0) is 30.3 Å². The van der Waals surface area contributed by atoms with Gasteiger partial charge < -0.3 is 24.4 Å². The number of rotatable bonds is 9. The van der Waals surface area contributed by atoms with Gasteiger partial charge in [0.15, 0.2) is 6.61 Å². The van der Waals surface area contributed by atoms with Crippen molar-refractivity contribution in [3.05, 3.63) is 59.7 Å². The van der Waals surface area contributed by atoms with E-state index in [0.717, 1.165) is 5.56 Å². The van der Waals surface area contributed by atoms with Gasteiger partial charge in [0, 0.05) is 24.7 Å². The number of hydrogen-bond donors (Lipinski definition) is 1. The van der Waals surface area contributed by atoms with E-state index in [-0.39, 0.29) is 12.5 Å². The third-order valence-corrected chi connectivity index (χ3v) is 4.13. The third-order valence-electron chi connectivity index (χ3n) is 4.13. The summed E-state index contributed by atoms with van der Waals surface area (Å²) in [6.07, 6.45) is 0. The molecule has 0 aliphatic rings. The molecule has 154 valence electrons. The first-order chi connectivity index (χ1) is 13.9. The number of likely N-dealkylation sites (N-methyl/N-ethyl adjacent to an activating group) is 1. The maximum atomic E-state index is 12.2. The smallest absolute Gasteiger partial charge is 0.325 e. The van der Waals surface area contributed by atoms with Crippen LogP contribution in [0, 0.1) is 0 Å². The van der Waals surface area contributed by atoms with Gasteiger partial charge in [0.2, 0.25) is 0 Å². The van der Waals surface area contributed by atoms with Gasteiger partial charge in [-0.1, -0.05) is 18.2 Å². The molecule has 0 fully saturated rings. The van der Waals surface area contributed by atoms with Crippen molar-refractivity contribution in [2.45, 2.75) is 6.54 Å². The second-order valence-corrected chi connectivity index (χ2v) is 6.13. The molecule has 8 heteroatoms. The molecule has 1 N–H and O–H groups in total. The summed E-state index contributed by atoms with van der Waals surface area (Å²) in [6.45, 7) is -0.439. The molecular weight excluding hydrogens is 376 g/mol. The molecule has 0 radical (unpaired) electrons. The predicted molar refractivity (Wildman–Crippen MR) is 106 cm³/mol. The Bertz CT molecular complexity index is 851. The zero-order chi connectivity index (χ0) is 21.2. The van der Waals surface area contributed by atoms with E-state index in [2.05, 4.69) is 5.32 Å². The fourth-order valence-corrected chi connectivity index (χ4v) is 2.48. The van der Waals surface area contributed by atoms with Gasteiger partial charge in [-0.15, -0.1) is 0 Å². The van der Waals surface area contributed by atoms with Crippen molar-refractivity contribution < 1.29 is 28.6 Å². The van der Waals surface area contributed by atoms with Gasteiger partial charge in [0.25, 0.3) is 11.8 Å². The molecule has 0 atom stereocenters. The van der Waals surface area contributed by atoms with Crippen LogP contribution in [0.15, 0.2) is 48.5 Å². The van der Waals surface area contributed by atoms with E-state index in [1.54, 1.807) is 44.5 Å². The van der Waals surface area contributed by atoms with Crippen molar-refractivity contribution in [3.8, 4) is 11.5 Å². The largest absolute Gasteiger partial charge is 0.497 e. The van der Waals surface area contributed by atoms with Crippen molar-refractivity contribution in [2.75, 3.05) is 34.4 Å². The summed E-state index contributed by atoms with van der Waals surface area (Å²) in [5, 5.41) is 2.45. The first-order valence-electron chi connectivity index (χ1n) is 8.88. The number of benzene rings is 2. The molecule has 0 saturated heterocycles. The number of nitrogens with zero attached hydrogens (tertiary/aromatic N) is 1. The monoisotopic (exact) mass is 400 g/mol. The van der Waals surface area contributed by atoms with Crippen LogP contribution in [0.5, 0.6) is 11.5 Å². The predicted octanol–water partition coefficient (Wildman–Crippen LogP) is 1.64. The fourth-order valence-electron chi connectivity index (χ4n) is 2.48. The highest BCUT2D eigenvalue weighted by molar-refractivity contribution is 5.96. The standard InChI is InChI=1S/C21H24N2O6/c1-23(13-16-6-4-5-7-18(16)28-3)19(24)14-29-20(25)12-22-21(26)15-8-10-17(27-2)11-9-15/h4-11H,12-14H2,1-3H3,(H,22,26). The molecule has 29 heavy (non-hydrogen) atoms. The lowest BCUT2D eigenvalue weighted by Gasteiger charge is -2.18. The summed E-state index contributed by atoms with van der Waals surface area (Å²) in [4.78, 5) is 37.4. The van der Waals surface area contributed by atoms with Crippen LogP contribution in [0.4, 0.5) is 0 Å². The first kappa shape index (κ1) is 21.7. The van der Waals surface area contributed by atoms with Crippen LogP contribution in [0.3, 0.4) is 0 Å². The van der Waals surface area contributed by atoms with E-state index in [4.69, 9.17) is 14.2 Å². The van der Waals surface area contributed by atoms with Crippen LogP contribution < -0.4 is 14.8 Å². The van der Waals surface area contributed by atoms with Crippen molar-refractivity contribution in [3.63, 3.8) is 0 Å². The molecule has 0 bridgehead atoms. The zero-order valence-electron chi connectivity index (χ0n) is 16.6. The molecular formula is C21H24N2O6. The van der Waals surface area contributed by atoms with E-state index in [0.29, 0.717) is 23.6 Å². The second-order valence-electron chi connectivity index (χ2n) is 6.13. The van der Waals surface area contributed by atoms with Gasteiger partial charge in [0.05, 0.1) is 14.2 Å². The Morgan fingerprint density at radius 3 is 2.31 bits per heavy atom. The quantitative estimate of drug-likeness (QED) is 0.643. The summed E-state index contributed by atoms with van der Waals surface area (Å²) in [5.41, 5.74) is 1.22. The highest BCUT2D eigenvalue weighted by Crippen LogP contribution is 2.18. The van der Waals surface area contributed by atoms with Crippen LogP contribution >= 0.6 is 0 Å². The maximum Gasteiger partial charge on any atom is 0.325 e. The van der Waals surface area contributed by atoms with Crippen LogP contribution in [0.1, 0.15) is 15.9 Å². The highest BCUT2D eigenvalue weighted by atomic mass is 16.5. The molecule has 2 amide bonds. The Labute approximate surface area is 169 Å². The Kier molecular flexibility index (Phi) is 8.02. The summed E-state index contributed by atoms with van der Waals surface area (Å²) < 4.78 is 15.2. The third kappa shape index (κ3) is 6.53. The number of ether oxygens (including phenoxy) is 3. The lowest BCUT2D eigenvalue weighted by Crippen LogP contribution is -2.34. The number of esters is 1. The number of para-hydroxylation sites is 1. The van der Waals surface area contributed by atoms with E-state index < -0.39 is 18.5 Å². The number of amides is 2. The lowest BCUT2D eigenvalue weighted by molar-refractivity contribution is -0.150. The minimum Gasteiger partial charge on any atom is -0.497 e. The molecule has 0 unspecified atom stereocenters. The SMILES string of the molecule is COc1ccc(C(=O)NCC(=O)OCC(=O)N(C)Cc2ccccc2OC)cc1. The van der Waals surface area contributed by atoms with Crippen molar-refractivity contribution >= 4 is 17.8 Å². The molecule has 2 rings (SSSR count). The number of hydrogen-bond acceptors (Lipinski definition) is 6. The average molecular weight is 400 g/mol. The summed E-state index contributed by atoms with van der Waals surface area (Å²) in [5.74, 6) is -0.206. The second kappa shape index (κ2) is 10.7. The molecule has 0 heterocycles. The Morgan fingerprint density at radius 1 is 0.966 bits per heavy atom. The summed E-state index contributed by atoms with van der Waals surface area (Å²) in [6, 6.07) is 13.8. The number of carbonyl (C=O) groups excluding carboxylic acids is 3. The molecule has 2 aromatic carbocycles. The lowest BCUT2D eigenvalue weighted by atomic mass is 10.2. The minimum absolute atomic E-state index is 0.314. The Morgan fingerprint density at radius 2 is 1.66 bits per heavy atom. The van der Waals surface area contributed by atoms with E-state index >= 15 is 0 Å². The average Bonchev–Trinajstić information content (AvgIpc) is 2.76. The van der Waals surface area contributed by atoms with Crippen molar-refractivity contribution in [2.24, 2.45) is 0 Å². The van der Waals surface area contributed by atoms with Gasteiger partial charge in [-0.3, -0.25) is 14.4 Å². The molecule has 0 aliphatic carbocycles. The Hall–Kier alpha value is -3.55. The number of nitrogens with one attached hydrogen (secondary N) is 1. The summed E-state index contributed by atoms with van der Waals surface area (Å²) >= 11 is 0. The minimum atomic E-state index is -0.703. The van der Waals surface area contributed by atoms with Gasteiger partial charge in [-0.2, -0.15) is 0 Å². The molecule has 2 aromatic rings. The van der Waals surface area contributed by atoms with E-state index in [1.807, 2.05) is 18.2 Å². The van der Waals surface area contributed by atoms with Gasteiger partial charge in [0.1, 0.15) is 18.0 Å². The Balaban J connectivity index is 1.76. The molecule has 0 spiro atoms. The molecule has 8 nitrogen and oxygen atoms in total. The number of carbonyl (C=O) groups is 3. The van der Waals surface area contributed by atoms with E-state index in [1.165, 1.54) is 12.0 Å². The highest BCUT2D eigenvalue weighted by Gasteiger charge is 2.15. The molecule has 0 aliphatic heterocycles. The van der Waals surface area contributed by atoms with Crippen molar-refractivity contribution in [1.29, 1.82) is 0 Å². The maximum absolute atomic E-state index is 12.2. The van der Waals surface area contributed by atoms with Crippen LogP contribution in [0.2, 0.25) is 0 Å². The normalized spacial score (nSPS) is 10.0. The van der Waals surface area contributed by atoms with Crippen LogP contribution in [0.25, 0.3) is 0 Å². The topological polar surface area (TPSA) is 94.2 Å². The van der Waals surface area contributed by atoms with Gasteiger partial charge in [-0.25, -0.2) is 0 Å². The number of methoxy groups -OCH3 is 2. The van der Waals surface area contributed by atoms with Crippen LogP contribution in [-0.2, 0) is 20.9 Å². The van der Waals surface area contributed by atoms with Gasteiger partial charge >= 0.3 is 5.97 Å². The van der Waals surface area contributed by atoms with Crippen molar-refractivity contribution in [1.82, 2.24) is 10.2 Å².